The molecule has 0 saturated carbocycles. The number of nitrogens with one attached hydrogen (secondary N) is 1. The standard InChI is InChI=1S/C10H12N4O/c1-13-8-4-7(9-11-2-3-12-9)5-14(6-8)10(13)15/h2-4,8H,5-6H2,1H3,(H,11,12). The fraction of sp³-hybridized carbons (Fsp3) is 0.400. The summed E-state index contributed by atoms with van der Waals surface area (Å²) >= 11 is 0. The van der Waals surface area contributed by atoms with Gasteiger partial charge in [0.15, 0.2) is 0 Å². The summed E-state index contributed by atoms with van der Waals surface area (Å²) in [5.74, 6) is 0.868. The lowest BCUT2D eigenvalue weighted by atomic mass is 10.1. The predicted molar refractivity (Wildman–Crippen MR) is 55.1 cm³/mol. The molecule has 2 aliphatic rings. The SMILES string of the molecule is CN1C(=O)N2CC(c3ncc[nH]3)=CC1C2. The van der Waals surface area contributed by atoms with Crippen molar-refractivity contribution in [2.75, 3.05) is 20.1 Å². The zero-order valence-electron chi connectivity index (χ0n) is 8.47. The molecule has 5 heteroatoms. The Bertz CT molecular complexity index is 423. The number of hydrogen-bond donors (Lipinski definition) is 1. The summed E-state index contributed by atoms with van der Waals surface area (Å²) in [4.78, 5) is 22.6. The molecular weight excluding hydrogens is 192 g/mol. The number of H-pyrrole nitrogens is 1. The minimum Gasteiger partial charge on any atom is -0.345 e. The molecule has 2 amide bonds. The maximum absolute atomic E-state index is 11.7. The van der Waals surface area contributed by atoms with Crippen LogP contribution in [-0.2, 0) is 0 Å². The van der Waals surface area contributed by atoms with E-state index in [9.17, 15) is 4.79 Å². The Kier molecular flexibility index (Phi) is 1.62. The molecule has 2 aliphatic heterocycles. The minimum atomic E-state index is 0.109. The van der Waals surface area contributed by atoms with Crippen LogP contribution in [0.15, 0.2) is 18.5 Å². The van der Waals surface area contributed by atoms with E-state index in [0.717, 1.165) is 17.9 Å². The monoisotopic (exact) mass is 204 g/mol. The van der Waals surface area contributed by atoms with Gasteiger partial charge in [-0.3, -0.25) is 0 Å². The van der Waals surface area contributed by atoms with Gasteiger partial charge < -0.3 is 14.8 Å². The lowest BCUT2D eigenvalue weighted by molar-refractivity contribution is 0.202. The van der Waals surface area contributed by atoms with Crippen LogP contribution in [-0.4, -0.2) is 52.0 Å². The molecule has 15 heavy (non-hydrogen) atoms. The molecule has 5 nitrogen and oxygen atoms in total. The average Bonchev–Trinajstić information content (AvgIpc) is 2.84. The molecule has 2 bridgehead atoms. The molecular formula is C10H12N4O. The number of amides is 2. The van der Waals surface area contributed by atoms with Gasteiger partial charge in [-0.05, 0) is 0 Å². The van der Waals surface area contributed by atoms with Crippen molar-refractivity contribution in [3.05, 3.63) is 24.3 Å². The number of aromatic nitrogens is 2. The number of rotatable bonds is 1. The summed E-state index contributed by atoms with van der Waals surface area (Å²) in [6, 6.07) is 0.309. The second-order valence-corrected chi connectivity index (χ2v) is 3.97. The minimum absolute atomic E-state index is 0.109. The number of nitrogens with zero attached hydrogens (tertiary/aromatic N) is 3. The van der Waals surface area contributed by atoms with E-state index in [-0.39, 0.29) is 12.1 Å². The van der Waals surface area contributed by atoms with Gasteiger partial charge in [-0.15, -0.1) is 0 Å². The summed E-state index contributed by atoms with van der Waals surface area (Å²) in [5.41, 5.74) is 1.11. The number of imidazole rings is 1. The Morgan fingerprint density at radius 1 is 1.60 bits per heavy atom. The molecule has 1 saturated heterocycles. The number of hydrogen-bond acceptors (Lipinski definition) is 2. The third kappa shape index (κ3) is 1.16. The van der Waals surface area contributed by atoms with E-state index in [1.54, 1.807) is 17.3 Å². The van der Waals surface area contributed by atoms with E-state index >= 15 is 0 Å². The third-order valence-electron chi connectivity index (χ3n) is 3.03. The highest BCUT2D eigenvalue weighted by molar-refractivity contribution is 5.82. The van der Waals surface area contributed by atoms with Crippen molar-refractivity contribution in [1.29, 1.82) is 0 Å². The van der Waals surface area contributed by atoms with E-state index in [2.05, 4.69) is 16.0 Å². The quantitative estimate of drug-likeness (QED) is 0.726. The highest BCUT2D eigenvalue weighted by atomic mass is 16.2. The van der Waals surface area contributed by atoms with Crippen LogP contribution in [0.5, 0.6) is 0 Å². The first-order valence-corrected chi connectivity index (χ1v) is 4.98. The second-order valence-electron chi connectivity index (χ2n) is 3.97. The Balaban J connectivity index is 1.96. The fourth-order valence-corrected chi connectivity index (χ4v) is 2.17. The largest absolute Gasteiger partial charge is 0.345 e. The van der Waals surface area contributed by atoms with Gasteiger partial charge in [0.1, 0.15) is 5.82 Å². The third-order valence-corrected chi connectivity index (χ3v) is 3.03. The van der Waals surface area contributed by atoms with Gasteiger partial charge in [0.05, 0.1) is 12.6 Å². The highest BCUT2D eigenvalue weighted by Gasteiger charge is 2.37. The molecule has 1 fully saturated rings. The molecule has 1 N–H and O–H groups in total. The molecule has 78 valence electrons. The lowest BCUT2D eigenvalue weighted by Crippen LogP contribution is -2.30. The van der Waals surface area contributed by atoms with Crippen LogP contribution in [0.1, 0.15) is 5.82 Å². The molecule has 0 radical (unpaired) electrons. The first-order valence-electron chi connectivity index (χ1n) is 4.98. The Morgan fingerprint density at radius 2 is 2.47 bits per heavy atom. The maximum Gasteiger partial charge on any atom is 0.320 e. The summed E-state index contributed by atoms with van der Waals surface area (Å²) in [6.07, 6.45) is 5.65. The maximum atomic E-state index is 11.7. The average molecular weight is 204 g/mol. The van der Waals surface area contributed by atoms with E-state index in [1.807, 2.05) is 11.9 Å². The molecule has 1 aromatic rings. The normalized spacial score (nSPS) is 24.7. The number of urea groups is 1. The molecule has 3 rings (SSSR count). The molecule has 0 spiro atoms. The van der Waals surface area contributed by atoms with Crippen molar-refractivity contribution in [2.45, 2.75) is 6.04 Å². The van der Waals surface area contributed by atoms with Crippen LogP contribution < -0.4 is 0 Å². The zero-order valence-corrected chi connectivity index (χ0v) is 8.47. The van der Waals surface area contributed by atoms with Crippen molar-refractivity contribution in [3.8, 4) is 0 Å². The molecule has 0 aliphatic carbocycles. The topological polar surface area (TPSA) is 52.2 Å². The van der Waals surface area contributed by atoms with Crippen molar-refractivity contribution in [2.24, 2.45) is 0 Å². The van der Waals surface area contributed by atoms with Crippen molar-refractivity contribution >= 4 is 11.6 Å². The Morgan fingerprint density at radius 3 is 3.13 bits per heavy atom. The summed E-state index contributed by atoms with van der Waals surface area (Å²) in [7, 11) is 1.84. The predicted octanol–water partition coefficient (Wildman–Crippen LogP) is 0.543. The zero-order chi connectivity index (χ0) is 10.4. The highest BCUT2D eigenvalue weighted by Crippen LogP contribution is 2.26. The Labute approximate surface area is 87.4 Å². The van der Waals surface area contributed by atoms with Crippen LogP contribution in [0.4, 0.5) is 4.79 Å². The van der Waals surface area contributed by atoms with Gasteiger partial charge in [-0.2, -0.15) is 0 Å². The fourth-order valence-electron chi connectivity index (χ4n) is 2.17. The van der Waals surface area contributed by atoms with E-state index < -0.39 is 0 Å². The van der Waals surface area contributed by atoms with Crippen LogP contribution in [0, 0.1) is 0 Å². The van der Waals surface area contributed by atoms with Gasteiger partial charge in [0.25, 0.3) is 0 Å². The van der Waals surface area contributed by atoms with E-state index in [4.69, 9.17) is 0 Å². The van der Waals surface area contributed by atoms with Crippen molar-refractivity contribution < 1.29 is 4.79 Å². The number of fused-ring (bicyclic) bond motifs is 2. The molecule has 1 aromatic heterocycles. The number of carbonyl (C=O) groups excluding carboxylic acids is 1. The first kappa shape index (κ1) is 8.52. The molecule has 3 heterocycles. The molecule has 1 atom stereocenters. The number of carbonyl (C=O) groups is 1. The van der Waals surface area contributed by atoms with Crippen LogP contribution >= 0.6 is 0 Å². The number of likely N-dealkylation sites (N-methyl/N-ethyl adjacent to an activating group) is 1. The summed E-state index contributed by atoms with van der Waals surface area (Å²) < 4.78 is 0. The summed E-state index contributed by atoms with van der Waals surface area (Å²) in [5, 5.41) is 0. The van der Waals surface area contributed by atoms with Gasteiger partial charge >= 0.3 is 6.03 Å². The van der Waals surface area contributed by atoms with Gasteiger partial charge in [-0.25, -0.2) is 9.78 Å². The Hall–Kier alpha value is -1.78. The van der Waals surface area contributed by atoms with Crippen LogP contribution in [0.3, 0.4) is 0 Å². The smallest absolute Gasteiger partial charge is 0.320 e. The van der Waals surface area contributed by atoms with Crippen molar-refractivity contribution in [3.63, 3.8) is 0 Å². The molecule has 1 unspecified atom stereocenters. The van der Waals surface area contributed by atoms with Gasteiger partial charge in [0, 0.05) is 31.6 Å². The van der Waals surface area contributed by atoms with Gasteiger partial charge in [0.2, 0.25) is 0 Å². The van der Waals surface area contributed by atoms with Crippen LogP contribution in [0.2, 0.25) is 0 Å². The second kappa shape index (κ2) is 2.85. The van der Waals surface area contributed by atoms with Crippen LogP contribution in [0.25, 0.3) is 5.57 Å². The van der Waals surface area contributed by atoms with Crippen molar-refractivity contribution in [1.82, 2.24) is 19.8 Å². The van der Waals surface area contributed by atoms with Gasteiger partial charge in [-0.1, -0.05) is 6.08 Å². The first-order chi connectivity index (χ1) is 7.25. The lowest BCUT2D eigenvalue weighted by Gasteiger charge is -2.20. The molecule has 0 aromatic carbocycles. The van der Waals surface area contributed by atoms with E-state index in [0.29, 0.717) is 6.54 Å². The van der Waals surface area contributed by atoms with E-state index in [1.165, 1.54) is 0 Å². The summed E-state index contributed by atoms with van der Waals surface area (Å²) in [6.45, 7) is 1.47. The number of aromatic amines is 1.